The van der Waals surface area contributed by atoms with Crippen LogP contribution in [0.1, 0.15) is 12.8 Å². The molecule has 2 saturated heterocycles. The molecule has 0 spiro atoms. The van der Waals surface area contributed by atoms with Gasteiger partial charge in [0.05, 0.1) is 5.92 Å². The molecular weight excluding hydrogens is 168 g/mol. The fourth-order valence-electron chi connectivity index (χ4n) is 2.09. The van der Waals surface area contributed by atoms with Gasteiger partial charge in [0.2, 0.25) is 0 Å². The second kappa shape index (κ2) is 3.64. The Hall–Kier alpha value is -0.610. The lowest BCUT2D eigenvalue weighted by Crippen LogP contribution is -2.54. The van der Waals surface area contributed by atoms with Crippen LogP contribution >= 0.6 is 0 Å². The third-order valence-electron chi connectivity index (χ3n) is 3.08. The minimum absolute atomic E-state index is 0.181. The SMILES string of the molecule is O=C(O)[C@H]1CNC[C@H](N2CCC2)C1. The van der Waals surface area contributed by atoms with Crippen molar-refractivity contribution in [2.24, 2.45) is 5.92 Å². The summed E-state index contributed by atoms with van der Waals surface area (Å²) in [6, 6.07) is 0.462. The Kier molecular flexibility index (Phi) is 2.51. The van der Waals surface area contributed by atoms with E-state index in [0.29, 0.717) is 12.6 Å². The Labute approximate surface area is 77.9 Å². The van der Waals surface area contributed by atoms with Gasteiger partial charge < -0.3 is 10.4 Å². The molecule has 0 aromatic heterocycles. The van der Waals surface area contributed by atoms with Crippen LogP contribution in [0.4, 0.5) is 0 Å². The van der Waals surface area contributed by atoms with Crippen LogP contribution in [0, 0.1) is 5.92 Å². The number of rotatable bonds is 2. The molecule has 0 unspecified atom stereocenters. The van der Waals surface area contributed by atoms with E-state index in [1.165, 1.54) is 6.42 Å². The van der Waals surface area contributed by atoms with Gasteiger partial charge in [0, 0.05) is 19.1 Å². The molecule has 2 heterocycles. The van der Waals surface area contributed by atoms with Crippen LogP contribution in [0.5, 0.6) is 0 Å². The van der Waals surface area contributed by atoms with Gasteiger partial charge in [0.1, 0.15) is 0 Å². The molecule has 0 aromatic carbocycles. The van der Waals surface area contributed by atoms with Gasteiger partial charge in [-0.3, -0.25) is 9.69 Å². The highest BCUT2D eigenvalue weighted by atomic mass is 16.4. The molecule has 2 aliphatic rings. The average molecular weight is 184 g/mol. The summed E-state index contributed by atoms with van der Waals surface area (Å²) in [5.41, 5.74) is 0. The predicted molar refractivity (Wildman–Crippen MR) is 48.6 cm³/mol. The van der Waals surface area contributed by atoms with E-state index in [1.807, 2.05) is 0 Å². The molecule has 4 nitrogen and oxygen atoms in total. The lowest BCUT2D eigenvalue weighted by atomic mass is 9.93. The third kappa shape index (κ3) is 1.84. The van der Waals surface area contributed by atoms with E-state index in [0.717, 1.165) is 26.1 Å². The Morgan fingerprint density at radius 2 is 2.15 bits per heavy atom. The topological polar surface area (TPSA) is 52.6 Å². The van der Waals surface area contributed by atoms with Crippen molar-refractivity contribution >= 4 is 5.97 Å². The maximum atomic E-state index is 10.8. The van der Waals surface area contributed by atoms with Crippen LogP contribution < -0.4 is 5.32 Å². The Bertz CT molecular complexity index is 204. The molecule has 0 amide bonds. The molecule has 0 radical (unpaired) electrons. The third-order valence-corrected chi connectivity index (χ3v) is 3.08. The van der Waals surface area contributed by atoms with Crippen LogP contribution in [-0.4, -0.2) is 48.2 Å². The molecule has 0 aliphatic carbocycles. The number of carboxylic acid groups (broad SMARTS) is 1. The number of hydrogen-bond acceptors (Lipinski definition) is 3. The number of likely N-dealkylation sites (tertiary alicyclic amines) is 1. The Balaban J connectivity index is 1.87. The van der Waals surface area contributed by atoms with Crippen molar-refractivity contribution in [3.8, 4) is 0 Å². The molecular formula is C9H16N2O2. The smallest absolute Gasteiger partial charge is 0.307 e. The van der Waals surface area contributed by atoms with Crippen LogP contribution in [0.2, 0.25) is 0 Å². The van der Waals surface area contributed by atoms with Gasteiger partial charge in [-0.2, -0.15) is 0 Å². The lowest BCUT2D eigenvalue weighted by Gasteiger charge is -2.41. The first-order valence-electron chi connectivity index (χ1n) is 4.95. The van der Waals surface area contributed by atoms with E-state index in [2.05, 4.69) is 10.2 Å². The van der Waals surface area contributed by atoms with Gasteiger partial charge in [0.15, 0.2) is 0 Å². The van der Waals surface area contributed by atoms with E-state index >= 15 is 0 Å². The predicted octanol–water partition coefficient (Wildman–Crippen LogP) is -0.245. The van der Waals surface area contributed by atoms with Gasteiger partial charge in [-0.05, 0) is 25.9 Å². The largest absolute Gasteiger partial charge is 0.481 e. The number of hydrogen-bond donors (Lipinski definition) is 2. The molecule has 2 fully saturated rings. The van der Waals surface area contributed by atoms with Crippen molar-refractivity contribution in [1.82, 2.24) is 10.2 Å². The van der Waals surface area contributed by atoms with Gasteiger partial charge in [-0.15, -0.1) is 0 Å². The monoisotopic (exact) mass is 184 g/mol. The van der Waals surface area contributed by atoms with Crippen molar-refractivity contribution in [3.63, 3.8) is 0 Å². The Morgan fingerprint density at radius 1 is 1.38 bits per heavy atom. The van der Waals surface area contributed by atoms with Crippen molar-refractivity contribution < 1.29 is 9.90 Å². The molecule has 2 rings (SSSR count). The van der Waals surface area contributed by atoms with Crippen molar-refractivity contribution in [2.45, 2.75) is 18.9 Å². The van der Waals surface area contributed by atoms with Crippen molar-refractivity contribution in [1.29, 1.82) is 0 Å². The molecule has 4 heteroatoms. The number of aliphatic carboxylic acids is 1. The van der Waals surface area contributed by atoms with Crippen LogP contribution in [0.15, 0.2) is 0 Å². The standard InChI is InChI=1S/C9H16N2O2/c12-9(13)7-4-8(6-10-5-7)11-2-1-3-11/h7-8,10H,1-6H2,(H,12,13)/t7-,8-/m1/s1. The zero-order valence-electron chi connectivity index (χ0n) is 7.70. The highest BCUT2D eigenvalue weighted by molar-refractivity contribution is 5.70. The fraction of sp³-hybridized carbons (Fsp3) is 0.889. The normalized spacial score (nSPS) is 35.4. The van der Waals surface area contributed by atoms with E-state index < -0.39 is 5.97 Å². The molecule has 2 atom stereocenters. The molecule has 2 N–H and O–H groups in total. The second-order valence-corrected chi connectivity index (χ2v) is 3.97. The summed E-state index contributed by atoms with van der Waals surface area (Å²) in [6.45, 7) is 3.90. The summed E-state index contributed by atoms with van der Waals surface area (Å²) >= 11 is 0. The number of nitrogens with one attached hydrogen (secondary N) is 1. The molecule has 74 valence electrons. The van der Waals surface area contributed by atoms with Crippen LogP contribution in [-0.2, 0) is 4.79 Å². The highest BCUT2D eigenvalue weighted by Crippen LogP contribution is 2.20. The van der Waals surface area contributed by atoms with Gasteiger partial charge in [-0.1, -0.05) is 0 Å². The number of nitrogens with zero attached hydrogens (tertiary/aromatic N) is 1. The molecule has 0 aromatic rings. The maximum absolute atomic E-state index is 10.8. The van der Waals surface area contributed by atoms with Gasteiger partial charge >= 0.3 is 5.97 Å². The van der Waals surface area contributed by atoms with Crippen molar-refractivity contribution in [3.05, 3.63) is 0 Å². The number of carbonyl (C=O) groups is 1. The molecule has 13 heavy (non-hydrogen) atoms. The van der Waals surface area contributed by atoms with Crippen LogP contribution in [0.3, 0.4) is 0 Å². The average Bonchev–Trinajstić information content (AvgIpc) is 2.01. The summed E-state index contributed by atoms with van der Waals surface area (Å²) in [5.74, 6) is -0.836. The fourth-order valence-corrected chi connectivity index (χ4v) is 2.09. The lowest BCUT2D eigenvalue weighted by molar-refractivity contribution is -0.143. The number of carboxylic acids is 1. The molecule has 0 bridgehead atoms. The summed E-state index contributed by atoms with van der Waals surface area (Å²) in [5, 5.41) is 12.1. The second-order valence-electron chi connectivity index (χ2n) is 3.97. The van der Waals surface area contributed by atoms with Crippen LogP contribution in [0.25, 0.3) is 0 Å². The summed E-state index contributed by atoms with van der Waals surface area (Å²) in [4.78, 5) is 13.1. The maximum Gasteiger partial charge on any atom is 0.307 e. The quantitative estimate of drug-likeness (QED) is 0.621. The number of piperidine rings is 1. The minimum atomic E-state index is -0.655. The first-order valence-corrected chi connectivity index (χ1v) is 4.95. The molecule has 2 aliphatic heterocycles. The van der Waals surface area contributed by atoms with Gasteiger partial charge in [0.25, 0.3) is 0 Å². The minimum Gasteiger partial charge on any atom is -0.481 e. The highest BCUT2D eigenvalue weighted by Gasteiger charge is 2.32. The van der Waals surface area contributed by atoms with E-state index in [1.54, 1.807) is 0 Å². The van der Waals surface area contributed by atoms with Crippen molar-refractivity contribution in [2.75, 3.05) is 26.2 Å². The summed E-state index contributed by atoms with van der Waals surface area (Å²) in [7, 11) is 0. The zero-order valence-corrected chi connectivity index (χ0v) is 7.70. The first-order chi connectivity index (χ1) is 6.27. The molecule has 0 saturated carbocycles. The van der Waals surface area contributed by atoms with E-state index in [-0.39, 0.29) is 5.92 Å². The first kappa shape index (κ1) is 8.97. The Morgan fingerprint density at radius 3 is 2.69 bits per heavy atom. The van der Waals surface area contributed by atoms with Gasteiger partial charge in [-0.25, -0.2) is 0 Å². The van der Waals surface area contributed by atoms with E-state index in [9.17, 15) is 4.79 Å². The summed E-state index contributed by atoms with van der Waals surface area (Å²) in [6.07, 6.45) is 2.09. The summed E-state index contributed by atoms with van der Waals surface area (Å²) < 4.78 is 0. The van der Waals surface area contributed by atoms with E-state index in [4.69, 9.17) is 5.11 Å². The zero-order chi connectivity index (χ0) is 9.26.